The summed E-state index contributed by atoms with van der Waals surface area (Å²) in [6, 6.07) is 14.9. The molecule has 1 atom stereocenters. The van der Waals surface area contributed by atoms with Gasteiger partial charge in [-0.25, -0.2) is 9.78 Å². The van der Waals surface area contributed by atoms with Gasteiger partial charge in [0.2, 0.25) is 0 Å². The Morgan fingerprint density at radius 2 is 1.77 bits per heavy atom. The lowest BCUT2D eigenvalue weighted by molar-refractivity contribution is 0.168. The summed E-state index contributed by atoms with van der Waals surface area (Å²) in [6.45, 7) is 9.21. The number of hydrogen-bond acceptors (Lipinski definition) is 3. The van der Waals surface area contributed by atoms with E-state index in [1.54, 1.807) is 15.5 Å². The van der Waals surface area contributed by atoms with Crippen molar-refractivity contribution in [2.75, 3.05) is 13.1 Å². The predicted octanol–water partition coefficient (Wildman–Crippen LogP) is 4.84. The van der Waals surface area contributed by atoms with Crippen molar-refractivity contribution in [2.24, 2.45) is 0 Å². The van der Waals surface area contributed by atoms with E-state index in [2.05, 4.69) is 12.2 Å². The number of rotatable bonds is 8. The molecule has 0 saturated carbocycles. The second-order valence-electron chi connectivity index (χ2n) is 7.60. The third-order valence-corrected chi connectivity index (χ3v) is 5.52. The van der Waals surface area contributed by atoms with Crippen molar-refractivity contribution < 1.29 is 4.79 Å². The van der Waals surface area contributed by atoms with Crippen LogP contribution in [0.25, 0.3) is 16.6 Å². The summed E-state index contributed by atoms with van der Waals surface area (Å²) >= 11 is 0. The average Bonchev–Trinajstić information content (AvgIpc) is 2.79. The van der Waals surface area contributed by atoms with Crippen LogP contribution >= 0.6 is 0 Å². The standard InChI is InChI=1S/C25H32N4O2/c1-5-17-28(25(31)26-8-4)22(7-3)23-27-21-12-10-9-11-20(21)24(30)29(23)19-15-13-18(6-2)14-16-19/h9-16,22H,5-8,17H2,1-4H3,(H,26,31). The Morgan fingerprint density at radius 3 is 2.39 bits per heavy atom. The molecular weight excluding hydrogens is 388 g/mol. The molecule has 0 spiro atoms. The fourth-order valence-corrected chi connectivity index (χ4v) is 3.94. The van der Waals surface area contributed by atoms with Crippen molar-refractivity contribution >= 4 is 16.9 Å². The first-order valence-corrected chi connectivity index (χ1v) is 11.2. The normalized spacial score (nSPS) is 12.0. The van der Waals surface area contributed by atoms with E-state index in [1.165, 1.54) is 5.56 Å². The van der Waals surface area contributed by atoms with Crippen molar-refractivity contribution in [2.45, 2.75) is 53.0 Å². The van der Waals surface area contributed by atoms with Crippen LogP contribution in [0.4, 0.5) is 4.79 Å². The zero-order valence-electron chi connectivity index (χ0n) is 18.9. The van der Waals surface area contributed by atoms with Crippen molar-refractivity contribution in [1.82, 2.24) is 19.8 Å². The van der Waals surface area contributed by atoms with Crippen LogP contribution in [0.2, 0.25) is 0 Å². The number of para-hydroxylation sites is 1. The highest BCUT2D eigenvalue weighted by Crippen LogP contribution is 2.26. The summed E-state index contributed by atoms with van der Waals surface area (Å²) in [5.41, 5.74) is 2.50. The van der Waals surface area contributed by atoms with Crippen molar-refractivity contribution in [1.29, 1.82) is 0 Å². The van der Waals surface area contributed by atoms with Crippen LogP contribution in [0.5, 0.6) is 0 Å². The van der Waals surface area contributed by atoms with Crippen LogP contribution in [-0.2, 0) is 6.42 Å². The van der Waals surface area contributed by atoms with Crippen LogP contribution in [0, 0.1) is 0 Å². The summed E-state index contributed by atoms with van der Waals surface area (Å²) in [5.74, 6) is 0.593. The maximum absolute atomic E-state index is 13.6. The minimum atomic E-state index is -0.324. The van der Waals surface area contributed by atoms with Gasteiger partial charge in [0.1, 0.15) is 5.82 Å². The summed E-state index contributed by atoms with van der Waals surface area (Å²) in [5, 5.41) is 3.48. The van der Waals surface area contributed by atoms with E-state index >= 15 is 0 Å². The van der Waals surface area contributed by atoms with E-state index in [0.717, 1.165) is 18.5 Å². The van der Waals surface area contributed by atoms with E-state index in [4.69, 9.17) is 4.98 Å². The van der Waals surface area contributed by atoms with Gasteiger partial charge >= 0.3 is 6.03 Å². The van der Waals surface area contributed by atoms with Gasteiger partial charge < -0.3 is 10.2 Å². The third-order valence-electron chi connectivity index (χ3n) is 5.52. The van der Waals surface area contributed by atoms with Crippen LogP contribution in [-0.4, -0.2) is 33.6 Å². The van der Waals surface area contributed by atoms with Gasteiger partial charge in [0.25, 0.3) is 5.56 Å². The highest BCUT2D eigenvalue weighted by molar-refractivity contribution is 5.78. The minimum absolute atomic E-state index is 0.115. The number of nitrogens with zero attached hydrogens (tertiary/aromatic N) is 3. The van der Waals surface area contributed by atoms with Crippen LogP contribution < -0.4 is 10.9 Å². The lowest BCUT2D eigenvalue weighted by atomic mass is 10.1. The van der Waals surface area contributed by atoms with E-state index < -0.39 is 0 Å². The quantitative estimate of drug-likeness (QED) is 0.567. The smallest absolute Gasteiger partial charge is 0.318 e. The molecule has 0 saturated heterocycles. The zero-order chi connectivity index (χ0) is 22.4. The topological polar surface area (TPSA) is 67.2 Å². The third kappa shape index (κ3) is 4.63. The molecule has 1 unspecified atom stereocenters. The van der Waals surface area contributed by atoms with Gasteiger partial charge in [-0.3, -0.25) is 9.36 Å². The Bertz CT molecular complexity index is 1090. The van der Waals surface area contributed by atoms with Crippen molar-refractivity contribution in [3.05, 3.63) is 70.3 Å². The Morgan fingerprint density at radius 1 is 1.06 bits per heavy atom. The van der Waals surface area contributed by atoms with Gasteiger partial charge in [-0.15, -0.1) is 0 Å². The molecule has 0 fully saturated rings. The molecule has 2 amide bonds. The molecule has 0 aliphatic rings. The second-order valence-corrected chi connectivity index (χ2v) is 7.60. The molecule has 3 rings (SSSR count). The number of aryl methyl sites for hydroxylation is 1. The number of amides is 2. The molecule has 6 heteroatoms. The molecule has 0 aliphatic carbocycles. The maximum Gasteiger partial charge on any atom is 0.318 e. The van der Waals surface area contributed by atoms with Crippen molar-refractivity contribution in [3.8, 4) is 5.69 Å². The monoisotopic (exact) mass is 420 g/mol. The van der Waals surface area contributed by atoms with Gasteiger partial charge in [-0.05, 0) is 56.0 Å². The lowest BCUT2D eigenvalue weighted by Crippen LogP contribution is -2.44. The molecule has 164 valence electrons. The fraction of sp³-hybridized carbons (Fsp3) is 0.400. The molecule has 31 heavy (non-hydrogen) atoms. The molecule has 1 heterocycles. The van der Waals surface area contributed by atoms with Crippen molar-refractivity contribution in [3.63, 3.8) is 0 Å². The van der Waals surface area contributed by atoms with E-state index in [-0.39, 0.29) is 17.6 Å². The van der Waals surface area contributed by atoms with E-state index in [0.29, 0.717) is 36.2 Å². The van der Waals surface area contributed by atoms with Gasteiger partial charge in [0.15, 0.2) is 0 Å². The molecule has 0 aliphatic heterocycles. The summed E-state index contributed by atoms with van der Waals surface area (Å²) in [7, 11) is 0. The Balaban J connectivity index is 2.27. The number of benzene rings is 2. The Labute approximate surface area is 183 Å². The number of carbonyl (C=O) groups excluding carboxylic acids is 1. The maximum atomic E-state index is 13.6. The molecule has 2 aromatic carbocycles. The Hall–Kier alpha value is -3.15. The number of hydrogen-bond donors (Lipinski definition) is 1. The fourth-order valence-electron chi connectivity index (χ4n) is 3.94. The number of urea groups is 1. The first-order chi connectivity index (χ1) is 15.0. The SMILES string of the molecule is CCCN(C(=O)NCC)C(CC)c1nc2ccccc2c(=O)n1-c1ccc(CC)cc1. The number of carbonyl (C=O) groups is 1. The summed E-state index contributed by atoms with van der Waals surface area (Å²) in [4.78, 5) is 33.2. The van der Waals surface area contributed by atoms with Crippen LogP contribution in [0.1, 0.15) is 58.0 Å². The summed E-state index contributed by atoms with van der Waals surface area (Å²) < 4.78 is 1.68. The number of fused-ring (bicyclic) bond motifs is 1. The lowest BCUT2D eigenvalue weighted by Gasteiger charge is -2.32. The molecule has 6 nitrogen and oxygen atoms in total. The molecular formula is C25H32N4O2. The second kappa shape index (κ2) is 10.2. The molecule has 1 aromatic heterocycles. The van der Waals surface area contributed by atoms with E-state index in [1.807, 2.05) is 63.2 Å². The minimum Gasteiger partial charge on any atom is -0.338 e. The largest absolute Gasteiger partial charge is 0.338 e. The van der Waals surface area contributed by atoms with Crippen LogP contribution in [0.15, 0.2) is 53.3 Å². The summed E-state index contributed by atoms with van der Waals surface area (Å²) in [6.07, 6.45) is 2.39. The number of nitrogens with one attached hydrogen (secondary N) is 1. The first kappa shape index (κ1) is 22.5. The molecule has 0 radical (unpaired) electrons. The molecule has 0 bridgehead atoms. The van der Waals surface area contributed by atoms with Gasteiger partial charge in [-0.2, -0.15) is 0 Å². The van der Waals surface area contributed by atoms with Crippen LogP contribution in [0.3, 0.4) is 0 Å². The van der Waals surface area contributed by atoms with E-state index in [9.17, 15) is 9.59 Å². The van der Waals surface area contributed by atoms with Gasteiger partial charge in [0.05, 0.1) is 22.6 Å². The zero-order valence-corrected chi connectivity index (χ0v) is 18.9. The molecule has 1 N–H and O–H groups in total. The van der Waals surface area contributed by atoms with Gasteiger partial charge in [-0.1, -0.05) is 45.0 Å². The Kier molecular flexibility index (Phi) is 7.45. The highest BCUT2D eigenvalue weighted by atomic mass is 16.2. The predicted molar refractivity (Wildman–Crippen MR) is 126 cm³/mol. The number of aromatic nitrogens is 2. The first-order valence-electron chi connectivity index (χ1n) is 11.2. The van der Waals surface area contributed by atoms with Gasteiger partial charge in [0, 0.05) is 13.1 Å². The molecule has 3 aromatic rings. The average molecular weight is 421 g/mol. The highest BCUT2D eigenvalue weighted by Gasteiger charge is 2.28.